The molecule has 0 bridgehead atoms. The number of piperazine rings is 1. The fraction of sp³-hybridized carbons (Fsp3) is 0.579. The molecule has 6 heteroatoms. The number of pyridine rings is 1. The zero-order valence-electron chi connectivity index (χ0n) is 15.1. The van der Waals surface area contributed by atoms with Crippen LogP contribution < -0.4 is 0 Å². The number of nitrogens with zero attached hydrogens (tertiary/aromatic N) is 6. The molecule has 0 aliphatic carbocycles. The van der Waals surface area contributed by atoms with E-state index < -0.39 is 0 Å². The fourth-order valence-electron chi connectivity index (χ4n) is 4.00. The van der Waals surface area contributed by atoms with Crippen LogP contribution in [0.5, 0.6) is 0 Å². The molecule has 2 aromatic heterocycles. The molecule has 1 atom stereocenters. The number of hydrogen-bond donors (Lipinski definition) is 0. The van der Waals surface area contributed by atoms with Crippen LogP contribution in [-0.2, 0) is 19.6 Å². The fourth-order valence-corrected chi connectivity index (χ4v) is 4.00. The SMILES string of the molecule is CN1CCN(CC2CN(Cc3ccncc3)Cc3nccn3C2)CC1. The Kier molecular flexibility index (Phi) is 5.10. The van der Waals surface area contributed by atoms with Gasteiger partial charge < -0.3 is 14.4 Å². The van der Waals surface area contributed by atoms with E-state index in [1.54, 1.807) is 0 Å². The molecule has 134 valence electrons. The highest BCUT2D eigenvalue weighted by Crippen LogP contribution is 2.19. The van der Waals surface area contributed by atoms with Gasteiger partial charge >= 0.3 is 0 Å². The molecule has 0 saturated carbocycles. The molecular formula is C19H28N6. The first-order chi connectivity index (χ1) is 12.3. The van der Waals surface area contributed by atoms with Crippen molar-refractivity contribution in [3.8, 4) is 0 Å². The molecule has 0 radical (unpaired) electrons. The zero-order valence-corrected chi connectivity index (χ0v) is 15.1. The first-order valence-electron chi connectivity index (χ1n) is 9.28. The molecule has 2 aliphatic rings. The van der Waals surface area contributed by atoms with Crippen molar-refractivity contribution in [2.24, 2.45) is 5.92 Å². The van der Waals surface area contributed by atoms with E-state index in [9.17, 15) is 0 Å². The van der Waals surface area contributed by atoms with E-state index in [4.69, 9.17) is 0 Å². The molecule has 6 nitrogen and oxygen atoms in total. The van der Waals surface area contributed by atoms with E-state index in [1.165, 1.54) is 44.1 Å². The maximum absolute atomic E-state index is 4.59. The summed E-state index contributed by atoms with van der Waals surface area (Å²) in [6.45, 7) is 10.0. The van der Waals surface area contributed by atoms with E-state index in [1.807, 2.05) is 18.6 Å². The first-order valence-corrected chi connectivity index (χ1v) is 9.28. The summed E-state index contributed by atoms with van der Waals surface area (Å²) in [5, 5.41) is 0. The summed E-state index contributed by atoms with van der Waals surface area (Å²) in [7, 11) is 2.22. The van der Waals surface area contributed by atoms with E-state index in [0.717, 1.165) is 26.2 Å². The Hall–Kier alpha value is -1.76. The number of imidazole rings is 1. The minimum absolute atomic E-state index is 0.640. The van der Waals surface area contributed by atoms with Crippen LogP contribution in [0.25, 0.3) is 0 Å². The molecule has 0 aromatic carbocycles. The number of likely N-dealkylation sites (N-methyl/N-ethyl adjacent to an activating group) is 1. The van der Waals surface area contributed by atoms with E-state index >= 15 is 0 Å². The van der Waals surface area contributed by atoms with Crippen molar-refractivity contribution >= 4 is 0 Å². The Labute approximate surface area is 150 Å². The van der Waals surface area contributed by atoms with Crippen LogP contribution in [0.15, 0.2) is 36.9 Å². The summed E-state index contributed by atoms with van der Waals surface area (Å²) >= 11 is 0. The summed E-state index contributed by atoms with van der Waals surface area (Å²) in [5.41, 5.74) is 1.33. The summed E-state index contributed by atoms with van der Waals surface area (Å²) in [4.78, 5) is 16.3. The van der Waals surface area contributed by atoms with Crippen LogP contribution in [0.3, 0.4) is 0 Å². The van der Waals surface area contributed by atoms with Gasteiger partial charge in [-0.2, -0.15) is 0 Å². The molecule has 4 heterocycles. The largest absolute Gasteiger partial charge is 0.333 e. The second-order valence-electron chi connectivity index (χ2n) is 7.49. The number of rotatable bonds is 4. The Morgan fingerprint density at radius 3 is 2.60 bits per heavy atom. The number of hydrogen-bond acceptors (Lipinski definition) is 5. The molecule has 0 N–H and O–H groups in total. The molecule has 0 spiro atoms. The molecule has 25 heavy (non-hydrogen) atoms. The molecule has 4 rings (SSSR count). The lowest BCUT2D eigenvalue weighted by Crippen LogP contribution is -2.47. The third kappa shape index (κ3) is 4.26. The van der Waals surface area contributed by atoms with Gasteiger partial charge in [-0.05, 0) is 24.7 Å². The summed E-state index contributed by atoms with van der Waals surface area (Å²) in [5.74, 6) is 1.83. The van der Waals surface area contributed by atoms with Crippen LogP contribution in [0, 0.1) is 5.92 Å². The predicted molar refractivity (Wildman–Crippen MR) is 98.0 cm³/mol. The molecule has 1 unspecified atom stereocenters. The van der Waals surface area contributed by atoms with Gasteiger partial charge in [0.15, 0.2) is 0 Å². The monoisotopic (exact) mass is 340 g/mol. The highest BCUT2D eigenvalue weighted by molar-refractivity contribution is 5.10. The molecule has 2 aromatic rings. The highest BCUT2D eigenvalue weighted by atomic mass is 15.3. The number of aromatic nitrogens is 3. The highest BCUT2D eigenvalue weighted by Gasteiger charge is 2.25. The van der Waals surface area contributed by atoms with Gasteiger partial charge in [-0.15, -0.1) is 0 Å². The van der Waals surface area contributed by atoms with Gasteiger partial charge in [-0.1, -0.05) is 0 Å². The average Bonchev–Trinajstić information content (AvgIpc) is 2.98. The van der Waals surface area contributed by atoms with E-state index in [-0.39, 0.29) is 0 Å². The van der Waals surface area contributed by atoms with Crippen molar-refractivity contribution in [3.05, 3.63) is 48.3 Å². The van der Waals surface area contributed by atoms with Gasteiger partial charge in [0.1, 0.15) is 5.82 Å². The van der Waals surface area contributed by atoms with E-state index in [0.29, 0.717) is 5.92 Å². The molecule has 0 amide bonds. The lowest BCUT2D eigenvalue weighted by molar-refractivity contribution is 0.116. The van der Waals surface area contributed by atoms with Crippen LogP contribution in [0.1, 0.15) is 11.4 Å². The molecule has 2 aliphatic heterocycles. The van der Waals surface area contributed by atoms with Crippen molar-refractivity contribution < 1.29 is 0 Å². The number of fused-ring (bicyclic) bond motifs is 1. The van der Waals surface area contributed by atoms with Gasteiger partial charge in [-0.3, -0.25) is 9.88 Å². The minimum atomic E-state index is 0.640. The Morgan fingerprint density at radius 1 is 1.00 bits per heavy atom. The van der Waals surface area contributed by atoms with Gasteiger partial charge in [0.2, 0.25) is 0 Å². The average molecular weight is 340 g/mol. The molecular weight excluding hydrogens is 312 g/mol. The van der Waals surface area contributed by atoms with Crippen LogP contribution in [0.4, 0.5) is 0 Å². The molecule has 1 fully saturated rings. The maximum Gasteiger partial charge on any atom is 0.122 e. The van der Waals surface area contributed by atoms with Crippen molar-refractivity contribution in [3.63, 3.8) is 0 Å². The maximum atomic E-state index is 4.59. The standard InChI is InChI=1S/C19H28N6/c1-22-8-10-23(11-9-22)13-18-14-24(12-17-2-4-20-5-3-17)16-19-21-6-7-25(19)15-18/h2-7,18H,8-16H2,1H3. The minimum Gasteiger partial charge on any atom is -0.333 e. The topological polar surface area (TPSA) is 40.4 Å². The van der Waals surface area contributed by atoms with Crippen molar-refractivity contribution in [2.75, 3.05) is 46.3 Å². The smallest absolute Gasteiger partial charge is 0.122 e. The Balaban J connectivity index is 1.45. The second kappa shape index (κ2) is 7.64. The van der Waals surface area contributed by atoms with Gasteiger partial charge in [0.25, 0.3) is 0 Å². The van der Waals surface area contributed by atoms with Gasteiger partial charge in [-0.25, -0.2) is 4.98 Å². The quantitative estimate of drug-likeness (QED) is 0.835. The van der Waals surface area contributed by atoms with Crippen molar-refractivity contribution in [1.29, 1.82) is 0 Å². The third-order valence-corrected chi connectivity index (χ3v) is 5.41. The lowest BCUT2D eigenvalue weighted by Gasteiger charge is -2.35. The zero-order chi connectivity index (χ0) is 17.1. The molecule has 1 saturated heterocycles. The Bertz CT molecular complexity index is 662. The second-order valence-corrected chi connectivity index (χ2v) is 7.49. The third-order valence-electron chi connectivity index (χ3n) is 5.41. The van der Waals surface area contributed by atoms with Crippen LogP contribution in [-0.4, -0.2) is 75.6 Å². The van der Waals surface area contributed by atoms with Crippen molar-refractivity contribution in [1.82, 2.24) is 29.2 Å². The first kappa shape index (κ1) is 16.7. The van der Waals surface area contributed by atoms with Crippen LogP contribution >= 0.6 is 0 Å². The predicted octanol–water partition coefficient (Wildman–Crippen LogP) is 1.16. The van der Waals surface area contributed by atoms with E-state index in [2.05, 4.69) is 54.6 Å². The van der Waals surface area contributed by atoms with Gasteiger partial charge in [0, 0.05) is 83.1 Å². The Morgan fingerprint density at radius 2 is 1.80 bits per heavy atom. The van der Waals surface area contributed by atoms with Crippen LogP contribution in [0.2, 0.25) is 0 Å². The summed E-state index contributed by atoms with van der Waals surface area (Å²) in [6, 6.07) is 4.24. The van der Waals surface area contributed by atoms with Crippen molar-refractivity contribution in [2.45, 2.75) is 19.6 Å². The summed E-state index contributed by atoms with van der Waals surface area (Å²) < 4.78 is 2.35. The van der Waals surface area contributed by atoms with Gasteiger partial charge in [0.05, 0.1) is 6.54 Å². The summed E-state index contributed by atoms with van der Waals surface area (Å²) in [6.07, 6.45) is 7.85. The lowest BCUT2D eigenvalue weighted by atomic mass is 10.1. The normalized spacial score (nSPS) is 23.3.